The monoisotopic (exact) mass is 503 g/mol. The summed E-state index contributed by atoms with van der Waals surface area (Å²) in [6.45, 7) is 4.43. The molecule has 1 aromatic heterocycles. The molecule has 1 N–H and O–H groups in total. The lowest BCUT2D eigenvalue weighted by molar-refractivity contribution is -0.137. The number of rotatable bonds is 7. The van der Waals surface area contributed by atoms with Gasteiger partial charge >= 0.3 is 5.97 Å². The summed E-state index contributed by atoms with van der Waals surface area (Å²) in [4.78, 5) is 40.2. The van der Waals surface area contributed by atoms with Crippen LogP contribution in [0.15, 0.2) is 28.5 Å². The van der Waals surface area contributed by atoms with Gasteiger partial charge in [-0.1, -0.05) is 6.07 Å². The SMILES string of the molecule is CCOC(=O)C(=O)c1csc(NC(=O)c2cc(S(=O)(=O)N3CCOCC3)ccc2C)n1.Cl. The number of Topliss-reactive ketones (excluding diaryl/α,β-unsaturated/α-hetero) is 1. The summed E-state index contributed by atoms with van der Waals surface area (Å²) < 4.78 is 36.9. The van der Waals surface area contributed by atoms with E-state index in [0.29, 0.717) is 18.8 Å². The summed E-state index contributed by atoms with van der Waals surface area (Å²) in [6.07, 6.45) is 0. The summed E-state index contributed by atoms with van der Waals surface area (Å²) in [5, 5.41) is 3.97. The lowest BCUT2D eigenvalue weighted by Crippen LogP contribution is -2.40. The largest absolute Gasteiger partial charge is 0.460 e. The zero-order valence-corrected chi connectivity index (χ0v) is 19.8. The minimum atomic E-state index is -3.77. The first-order chi connectivity index (χ1) is 14.7. The van der Waals surface area contributed by atoms with Crippen molar-refractivity contribution in [2.45, 2.75) is 18.7 Å². The van der Waals surface area contributed by atoms with Gasteiger partial charge in [0.1, 0.15) is 5.69 Å². The Balaban J connectivity index is 0.00000363. The molecule has 2 heterocycles. The van der Waals surface area contributed by atoms with Gasteiger partial charge in [0, 0.05) is 24.0 Å². The average molecular weight is 504 g/mol. The van der Waals surface area contributed by atoms with Crippen LogP contribution in [0.4, 0.5) is 5.13 Å². The van der Waals surface area contributed by atoms with Gasteiger partial charge in [-0.25, -0.2) is 18.2 Å². The molecule has 1 aliphatic heterocycles. The van der Waals surface area contributed by atoms with E-state index in [0.717, 1.165) is 11.3 Å². The third-order valence-electron chi connectivity index (χ3n) is 4.48. The third-order valence-corrected chi connectivity index (χ3v) is 7.13. The Kier molecular flexibility index (Phi) is 8.87. The van der Waals surface area contributed by atoms with E-state index in [-0.39, 0.29) is 53.4 Å². The fourth-order valence-corrected chi connectivity index (χ4v) is 4.96. The molecular formula is C19H22ClN3O7S2. The highest BCUT2D eigenvalue weighted by Gasteiger charge is 2.28. The lowest BCUT2D eigenvalue weighted by atomic mass is 10.1. The number of ketones is 1. The van der Waals surface area contributed by atoms with Crippen LogP contribution in [0, 0.1) is 6.92 Å². The van der Waals surface area contributed by atoms with Gasteiger partial charge in [0.2, 0.25) is 10.0 Å². The molecule has 2 aromatic rings. The number of benzene rings is 1. The second-order valence-electron chi connectivity index (χ2n) is 6.53. The van der Waals surface area contributed by atoms with Gasteiger partial charge < -0.3 is 9.47 Å². The number of morpholine rings is 1. The molecule has 1 amide bonds. The second kappa shape index (κ2) is 11.0. The zero-order chi connectivity index (χ0) is 22.6. The van der Waals surface area contributed by atoms with Crippen molar-refractivity contribution in [1.82, 2.24) is 9.29 Å². The van der Waals surface area contributed by atoms with Crippen molar-refractivity contribution in [3.05, 3.63) is 40.4 Å². The van der Waals surface area contributed by atoms with E-state index in [1.165, 1.54) is 21.8 Å². The number of halogens is 1. The molecule has 1 aliphatic rings. The molecule has 1 saturated heterocycles. The summed E-state index contributed by atoms with van der Waals surface area (Å²) in [5.41, 5.74) is 0.583. The molecule has 3 rings (SSSR count). The number of hydrogen-bond acceptors (Lipinski definition) is 9. The Bertz CT molecular complexity index is 1110. The van der Waals surface area contributed by atoms with E-state index in [4.69, 9.17) is 4.74 Å². The first-order valence-corrected chi connectivity index (χ1v) is 11.7. The van der Waals surface area contributed by atoms with Gasteiger partial charge in [-0.15, -0.1) is 23.7 Å². The second-order valence-corrected chi connectivity index (χ2v) is 9.33. The fourth-order valence-electron chi connectivity index (χ4n) is 2.84. The first-order valence-electron chi connectivity index (χ1n) is 9.41. The van der Waals surface area contributed by atoms with Crippen molar-refractivity contribution >= 4 is 56.6 Å². The van der Waals surface area contributed by atoms with Crippen molar-refractivity contribution in [2.24, 2.45) is 0 Å². The zero-order valence-electron chi connectivity index (χ0n) is 17.3. The van der Waals surface area contributed by atoms with Crippen molar-refractivity contribution in [3.8, 4) is 0 Å². The molecule has 1 aromatic carbocycles. The molecule has 0 bridgehead atoms. The van der Waals surface area contributed by atoms with Gasteiger partial charge in [-0.05, 0) is 31.5 Å². The summed E-state index contributed by atoms with van der Waals surface area (Å²) in [5.74, 6) is -2.52. The molecular weight excluding hydrogens is 482 g/mol. The van der Waals surface area contributed by atoms with Crippen LogP contribution < -0.4 is 5.32 Å². The topological polar surface area (TPSA) is 132 Å². The number of anilines is 1. The highest BCUT2D eigenvalue weighted by molar-refractivity contribution is 7.89. The maximum absolute atomic E-state index is 12.9. The molecule has 1 fully saturated rings. The van der Waals surface area contributed by atoms with Crippen molar-refractivity contribution < 1.29 is 32.3 Å². The molecule has 0 saturated carbocycles. The molecule has 0 atom stereocenters. The van der Waals surface area contributed by atoms with Crippen molar-refractivity contribution in [1.29, 1.82) is 0 Å². The Labute approximate surface area is 195 Å². The molecule has 0 aliphatic carbocycles. The van der Waals surface area contributed by atoms with Crippen LogP contribution in [0.3, 0.4) is 0 Å². The van der Waals surface area contributed by atoms with Crippen LogP contribution >= 0.6 is 23.7 Å². The minimum absolute atomic E-state index is 0. The quantitative estimate of drug-likeness (QED) is 0.344. The maximum atomic E-state index is 12.9. The van der Waals surface area contributed by atoms with Crippen LogP contribution in [-0.4, -0.2) is 68.3 Å². The molecule has 32 heavy (non-hydrogen) atoms. The molecule has 10 nitrogen and oxygen atoms in total. The summed E-state index contributed by atoms with van der Waals surface area (Å²) in [6, 6.07) is 4.32. The Morgan fingerprint density at radius 1 is 1.25 bits per heavy atom. The highest BCUT2D eigenvalue weighted by atomic mass is 35.5. The number of carbonyl (C=O) groups excluding carboxylic acids is 3. The number of amides is 1. The Hall–Kier alpha value is -2.38. The number of thiazole rings is 1. The van der Waals surface area contributed by atoms with Gasteiger partial charge in [0.05, 0.1) is 24.7 Å². The van der Waals surface area contributed by atoms with Gasteiger partial charge in [0.15, 0.2) is 5.13 Å². The number of ether oxygens (including phenoxy) is 2. The maximum Gasteiger partial charge on any atom is 0.381 e. The average Bonchev–Trinajstić information content (AvgIpc) is 3.22. The molecule has 0 unspecified atom stereocenters. The standard InChI is InChI=1S/C19H21N3O7S2.ClH/c1-3-29-18(25)16(23)15-11-30-19(20-15)21-17(24)14-10-13(5-4-12(14)2)31(26,27)22-6-8-28-9-7-22;/h4-5,10-11H,3,6-9H2,1-2H3,(H,20,21,24);1H. The number of carbonyl (C=O) groups is 3. The lowest BCUT2D eigenvalue weighted by Gasteiger charge is -2.26. The number of aryl methyl sites for hydroxylation is 1. The van der Waals surface area contributed by atoms with Crippen LogP contribution in [0.2, 0.25) is 0 Å². The number of esters is 1. The van der Waals surface area contributed by atoms with E-state index in [2.05, 4.69) is 15.0 Å². The predicted molar refractivity (Wildman–Crippen MR) is 119 cm³/mol. The fraction of sp³-hybridized carbons (Fsp3) is 0.368. The number of sulfonamides is 1. The van der Waals surface area contributed by atoms with E-state index in [1.807, 2.05) is 0 Å². The van der Waals surface area contributed by atoms with Gasteiger partial charge in [-0.2, -0.15) is 4.31 Å². The molecule has 174 valence electrons. The normalized spacial score (nSPS) is 14.3. The highest BCUT2D eigenvalue weighted by Crippen LogP contribution is 2.23. The van der Waals surface area contributed by atoms with Crippen LogP contribution in [0.5, 0.6) is 0 Å². The number of nitrogens with one attached hydrogen (secondary N) is 1. The van der Waals surface area contributed by atoms with E-state index >= 15 is 0 Å². The smallest absolute Gasteiger partial charge is 0.381 e. The van der Waals surface area contributed by atoms with E-state index in [1.54, 1.807) is 19.9 Å². The number of nitrogens with zero attached hydrogens (tertiary/aromatic N) is 2. The molecule has 13 heteroatoms. The predicted octanol–water partition coefficient (Wildman–Crippen LogP) is 1.89. The first kappa shape index (κ1) is 25.9. The summed E-state index contributed by atoms with van der Waals surface area (Å²) >= 11 is 0.963. The number of hydrogen-bond donors (Lipinski definition) is 1. The third kappa shape index (κ3) is 5.70. The number of aromatic nitrogens is 1. The Morgan fingerprint density at radius 2 is 1.94 bits per heavy atom. The van der Waals surface area contributed by atoms with Crippen LogP contribution in [0.25, 0.3) is 0 Å². The van der Waals surface area contributed by atoms with Crippen LogP contribution in [0.1, 0.15) is 33.3 Å². The van der Waals surface area contributed by atoms with Crippen LogP contribution in [-0.2, 0) is 24.3 Å². The summed E-state index contributed by atoms with van der Waals surface area (Å²) in [7, 11) is -3.77. The van der Waals surface area contributed by atoms with Crippen molar-refractivity contribution in [3.63, 3.8) is 0 Å². The van der Waals surface area contributed by atoms with Gasteiger partial charge in [0.25, 0.3) is 11.7 Å². The molecule has 0 radical (unpaired) electrons. The molecule has 0 spiro atoms. The minimum Gasteiger partial charge on any atom is -0.460 e. The van der Waals surface area contributed by atoms with E-state index in [9.17, 15) is 22.8 Å². The van der Waals surface area contributed by atoms with Crippen molar-refractivity contribution in [2.75, 3.05) is 38.2 Å². The Morgan fingerprint density at radius 3 is 2.59 bits per heavy atom. The van der Waals surface area contributed by atoms with E-state index < -0.39 is 27.7 Å². The van der Waals surface area contributed by atoms with Gasteiger partial charge in [-0.3, -0.25) is 14.9 Å².